The second-order valence-electron chi connectivity index (χ2n) is 4.63. The van der Waals surface area contributed by atoms with Crippen molar-refractivity contribution < 1.29 is 9.53 Å². The molecular formula is C15H20O2. The first-order chi connectivity index (χ1) is 8.33. The van der Waals surface area contributed by atoms with Crippen LogP contribution in [0.5, 0.6) is 5.75 Å². The molecule has 1 aliphatic rings. The van der Waals surface area contributed by atoms with Gasteiger partial charge in [-0.2, -0.15) is 0 Å². The van der Waals surface area contributed by atoms with Crippen molar-refractivity contribution in [1.82, 2.24) is 0 Å². The number of unbranched alkanes of at least 4 members (excludes halogenated alkanes) is 3. The lowest BCUT2D eigenvalue weighted by molar-refractivity contribution is 0.0976. The highest BCUT2D eigenvalue weighted by atomic mass is 16.5. The number of hydrogen-bond acceptors (Lipinski definition) is 2. The Morgan fingerprint density at radius 1 is 1.29 bits per heavy atom. The van der Waals surface area contributed by atoms with E-state index >= 15 is 0 Å². The van der Waals surface area contributed by atoms with E-state index < -0.39 is 0 Å². The van der Waals surface area contributed by atoms with Gasteiger partial charge in [-0.25, -0.2) is 0 Å². The van der Waals surface area contributed by atoms with Crippen molar-refractivity contribution in [2.75, 3.05) is 6.61 Å². The van der Waals surface area contributed by atoms with E-state index in [4.69, 9.17) is 4.74 Å². The molecule has 1 heterocycles. The zero-order valence-corrected chi connectivity index (χ0v) is 10.5. The minimum atomic E-state index is 0.236. The number of hydrogen-bond donors (Lipinski definition) is 0. The lowest BCUT2D eigenvalue weighted by atomic mass is 10.0. The van der Waals surface area contributed by atoms with Crippen molar-refractivity contribution in [1.29, 1.82) is 0 Å². The van der Waals surface area contributed by atoms with Crippen LogP contribution >= 0.6 is 0 Å². The predicted molar refractivity (Wildman–Crippen MR) is 68.7 cm³/mol. The van der Waals surface area contributed by atoms with Gasteiger partial charge in [0.2, 0.25) is 0 Å². The molecule has 0 spiro atoms. The molecule has 0 bridgehead atoms. The molecule has 0 radical (unpaired) electrons. The molecule has 2 heteroatoms. The summed E-state index contributed by atoms with van der Waals surface area (Å²) in [6, 6.07) is 5.91. The smallest absolute Gasteiger partial charge is 0.166 e. The molecule has 0 unspecified atom stereocenters. The minimum Gasteiger partial charge on any atom is -0.492 e. The maximum absolute atomic E-state index is 12.1. The molecular weight excluding hydrogens is 212 g/mol. The van der Waals surface area contributed by atoms with E-state index in [9.17, 15) is 4.79 Å². The van der Waals surface area contributed by atoms with Crippen LogP contribution in [0.2, 0.25) is 0 Å². The molecule has 0 N–H and O–H groups in total. The number of Topliss-reactive ketones (excluding diaryl/α,β-unsaturated/α-hetero) is 1. The maximum Gasteiger partial charge on any atom is 0.166 e. The van der Waals surface area contributed by atoms with E-state index in [0.29, 0.717) is 6.42 Å². The second-order valence-corrected chi connectivity index (χ2v) is 4.63. The first kappa shape index (κ1) is 12.2. The van der Waals surface area contributed by atoms with Crippen molar-refractivity contribution in [3.05, 3.63) is 29.3 Å². The number of ketones is 1. The van der Waals surface area contributed by atoms with E-state index in [0.717, 1.165) is 37.2 Å². The van der Waals surface area contributed by atoms with Gasteiger partial charge in [-0.1, -0.05) is 38.3 Å². The van der Waals surface area contributed by atoms with Crippen LogP contribution in [-0.2, 0) is 6.42 Å². The molecule has 1 aromatic carbocycles. The summed E-state index contributed by atoms with van der Waals surface area (Å²) in [4.78, 5) is 12.1. The van der Waals surface area contributed by atoms with E-state index in [2.05, 4.69) is 13.0 Å². The van der Waals surface area contributed by atoms with Crippen molar-refractivity contribution >= 4 is 5.78 Å². The van der Waals surface area contributed by atoms with Gasteiger partial charge < -0.3 is 4.74 Å². The number of ether oxygens (including phenoxy) is 1. The van der Waals surface area contributed by atoms with Gasteiger partial charge in [0.25, 0.3) is 0 Å². The molecule has 1 aromatic rings. The van der Waals surface area contributed by atoms with Crippen LogP contribution in [0.1, 0.15) is 54.9 Å². The maximum atomic E-state index is 12.1. The number of rotatable bonds is 6. The van der Waals surface area contributed by atoms with Crippen molar-refractivity contribution in [2.24, 2.45) is 0 Å². The molecule has 17 heavy (non-hydrogen) atoms. The van der Waals surface area contributed by atoms with Gasteiger partial charge in [-0.15, -0.1) is 0 Å². The summed E-state index contributed by atoms with van der Waals surface area (Å²) in [6.07, 6.45) is 6.16. The van der Waals surface area contributed by atoms with Gasteiger partial charge in [0.15, 0.2) is 5.78 Å². The highest BCUT2D eigenvalue weighted by Gasteiger charge is 2.19. The monoisotopic (exact) mass is 232 g/mol. The Kier molecular flexibility index (Phi) is 4.18. The zero-order chi connectivity index (χ0) is 12.1. The van der Waals surface area contributed by atoms with Gasteiger partial charge in [0.05, 0.1) is 12.2 Å². The molecule has 0 atom stereocenters. The molecule has 1 aliphatic heterocycles. The number of carbonyl (C=O) groups excluding carboxylic acids is 1. The van der Waals surface area contributed by atoms with Crippen LogP contribution in [0.4, 0.5) is 0 Å². The highest BCUT2D eigenvalue weighted by Crippen LogP contribution is 2.30. The first-order valence-electron chi connectivity index (χ1n) is 6.61. The molecule has 2 rings (SSSR count). The van der Waals surface area contributed by atoms with Crippen LogP contribution in [-0.4, -0.2) is 12.4 Å². The van der Waals surface area contributed by atoms with Crippen molar-refractivity contribution in [3.63, 3.8) is 0 Å². The molecule has 0 aliphatic carbocycles. The van der Waals surface area contributed by atoms with E-state index in [1.54, 1.807) is 0 Å². The lowest BCUT2D eigenvalue weighted by Gasteiger charge is -2.06. The van der Waals surface area contributed by atoms with Crippen LogP contribution in [0.15, 0.2) is 18.2 Å². The Hall–Kier alpha value is -1.31. The predicted octanol–water partition coefficient (Wildman–Crippen LogP) is 3.77. The molecule has 0 aromatic heterocycles. The Morgan fingerprint density at radius 3 is 3.00 bits per heavy atom. The summed E-state index contributed by atoms with van der Waals surface area (Å²) >= 11 is 0. The Morgan fingerprint density at radius 2 is 2.18 bits per heavy atom. The topological polar surface area (TPSA) is 26.3 Å². The Balaban J connectivity index is 1.97. The largest absolute Gasteiger partial charge is 0.492 e. The number of carbonyl (C=O) groups is 1. The zero-order valence-electron chi connectivity index (χ0n) is 10.5. The van der Waals surface area contributed by atoms with E-state index in [1.807, 2.05) is 12.1 Å². The quantitative estimate of drug-likeness (QED) is 0.551. The molecule has 2 nitrogen and oxygen atoms in total. The fraction of sp³-hybridized carbons (Fsp3) is 0.533. The fourth-order valence-corrected chi connectivity index (χ4v) is 2.28. The third kappa shape index (κ3) is 2.87. The summed E-state index contributed by atoms with van der Waals surface area (Å²) in [6.45, 7) is 2.90. The summed E-state index contributed by atoms with van der Waals surface area (Å²) in [7, 11) is 0. The fourth-order valence-electron chi connectivity index (χ4n) is 2.28. The lowest BCUT2D eigenvalue weighted by Crippen LogP contribution is -2.01. The Bertz CT molecular complexity index is 396. The van der Waals surface area contributed by atoms with E-state index in [1.165, 1.54) is 18.4 Å². The SMILES string of the molecule is CCCCCCC(=O)c1cccc2c1OCC2. The van der Waals surface area contributed by atoms with Crippen molar-refractivity contribution in [3.8, 4) is 5.75 Å². The van der Waals surface area contributed by atoms with Gasteiger partial charge in [0, 0.05) is 12.8 Å². The summed E-state index contributed by atoms with van der Waals surface area (Å²) in [5.74, 6) is 1.08. The summed E-state index contributed by atoms with van der Waals surface area (Å²) in [5, 5.41) is 0. The molecule has 0 fully saturated rings. The van der Waals surface area contributed by atoms with Crippen LogP contribution in [0.25, 0.3) is 0 Å². The molecule has 92 valence electrons. The van der Waals surface area contributed by atoms with E-state index in [-0.39, 0.29) is 5.78 Å². The average Bonchev–Trinajstić information content (AvgIpc) is 2.82. The van der Waals surface area contributed by atoms with Gasteiger partial charge in [0.1, 0.15) is 5.75 Å². The van der Waals surface area contributed by atoms with Gasteiger partial charge in [-0.05, 0) is 18.1 Å². The average molecular weight is 232 g/mol. The molecule has 0 saturated heterocycles. The van der Waals surface area contributed by atoms with Gasteiger partial charge >= 0.3 is 0 Å². The highest BCUT2D eigenvalue weighted by molar-refractivity contribution is 5.99. The number of fused-ring (bicyclic) bond motifs is 1. The standard InChI is InChI=1S/C15H20O2/c1-2-3-4-5-9-14(16)13-8-6-7-12-10-11-17-15(12)13/h6-8H,2-5,9-11H2,1H3. The molecule has 0 amide bonds. The third-order valence-corrected chi connectivity index (χ3v) is 3.27. The number of benzene rings is 1. The minimum absolute atomic E-state index is 0.236. The Labute approximate surface area is 103 Å². The second kappa shape index (κ2) is 5.85. The molecule has 0 saturated carbocycles. The van der Waals surface area contributed by atoms with Crippen LogP contribution in [0.3, 0.4) is 0 Å². The summed E-state index contributed by atoms with van der Waals surface area (Å²) in [5.41, 5.74) is 1.97. The van der Waals surface area contributed by atoms with Crippen LogP contribution in [0, 0.1) is 0 Å². The van der Waals surface area contributed by atoms with Gasteiger partial charge in [-0.3, -0.25) is 4.79 Å². The third-order valence-electron chi connectivity index (χ3n) is 3.27. The van der Waals surface area contributed by atoms with Crippen LogP contribution < -0.4 is 4.74 Å². The number of para-hydroxylation sites is 1. The summed E-state index contributed by atoms with van der Waals surface area (Å²) < 4.78 is 5.56. The normalized spacial score (nSPS) is 13.2. The van der Waals surface area contributed by atoms with Crippen molar-refractivity contribution in [2.45, 2.75) is 45.4 Å². The first-order valence-corrected chi connectivity index (χ1v) is 6.61.